The molecule has 392 valence electrons. The summed E-state index contributed by atoms with van der Waals surface area (Å²) in [7, 11) is 0. The Labute approximate surface area is 440 Å². The van der Waals surface area contributed by atoms with Gasteiger partial charge in [0.2, 0.25) is 0 Å². The molecule has 1 aliphatic rings. The Morgan fingerprint density at radius 1 is 0.419 bits per heavy atom. The lowest BCUT2D eigenvalue weighted by atomic mass is 9.79. The van der Waals surface area contributed by atoms with Gasteiger partial charge in [0.05, 0.1) is 13.2 Å². The smallest absolute Gasteiger partial charge is 0.265 e. The van der Waals surface area contributed by atoms with Gasteiger partial charge in [0.15, 0.2) is 0 Å². The highest BCUT2D eigenvalue weighted by Crippen LogP contribution is 2.44. The second-order valence-electron chi connectivity index (χ2n) is 24.1. The number of phenols is 2. The molecule has 10 heteroatoms. The molecule has 6 aromatic carbocycles. The number of fused-ring (bicyclic) bond motifs is 8. The van der Waals surface area contributed by atoms with Gasteiger partial charge in [-0.05, 0) is 126 Å². The van der Waals surface area contributed by atoms with E-state index in [1.54, 1.807) is 24.3 Å². The number of phenolic OH excluding ortho intramolecular Hbond substituents is 2. The monoisotopic (exact) mass is 1000 g/mol. The molecule has 0 aromatic heterocycles. The van der Waals surface area contributed by atoms with Crippen molar-refractivity contribution in [2.24, 2.45) is 0 Å². The molecule has 0 radical (unpaired) electrons. The molecule has 0 saturated heterocycles. The molecule has 7 rings (SSSR count). The first kappa shape index (κ1) is 55.1. The number of aromatic hydroxyl groups is 2. The van der Waals surface area contributed by atoms with Gasteiger partial charge in [-0.25, -0.2) is 10.9 Å². The minimum atomic E-state index is -0.246. The lowest BCUT2D eigenvalue weighted by Gasteiger charge is -2.28. The molecule has 0 atom stereocenters. The molecule has 0 spiro atoms. The van der Waals surface area contributed by atoms with Gasteiger partial charge >= 0.3 is 0 Å². The Kier molecular flexibility index (Phi) is 17.0. The maximum atomic E-state index is 12.8. The number of ether oxygens (including phenoxy) is 2. The molecule has 0 unspecified atom stereocenters. The van der Waals surface area contributed by atoms with Crippen molar-refractivity contribution >= 4 is 11.8 Å². The van der Waals surface area contributed by atoms with Gasteiger partial charge in [-0.1, -0.05) is 168 Å². The van der Waals surface area contributed by atoms with Crippen LogP contribution in [0.3, 0.4) is 0 Å². The second-order valence-corrected chi connectivity index (χ2v) is 24.1. The molecule has 2 amide bonds. The van der Waals surface area contributed by atoms with Crippen LogP contribution in [-0.2, 0) is 47.3 Å². The largest absolute Gasteiger partial charge is 0.507 e. The van der Waals surface area contributed by atoms with E-state index in [1.165, 1.54) is 0 Å². The Morgan fingerprint density at radius 2 is 0.676 bits per heavy atom. The van der Waals surface area contributed by atoms with Gasteiger partial charge in [-0.15, -0.1) is 0 Å². The van der Waals surface area contributed by atoms with E-state index in [2.05, 4.69) is 153 Å². The van der Waals surface area contributed by atoms with Gasteiger partial charge in [0, 0.05) is 49.9 Å². The average molecular weight is 1000 g/mol. The summed E-state index contributed by atoms with van der Waals surface area (Å²) in [5.74, 6) is 1.52. The van der Waals surface area contributed by atoms with E-state index in [0.29, 0.717) is 76.0 Å². The van der Waals surface area contributed by atoms with Crippen molar-refractivity contribution in [3.8, 4) is 23.0 Å². The summed E-state index contributed by atoms with van der Waals surface area (Å²) in [4.78, 5) is 25.5. The van der Waals surface area contributed by atoms with Crippen LogP contribution in [-0.4, -0.2) is 48.3 Å². The normalized spacial score (nSPS) is 13.0. The fraction of sp³-hybridized carbons (Fsp3) is 0.406. The quantitative estimate of drug-likeness (QED) is 0.0467. The average Bonchev–Trinajstić information content (AvgIpc) is 3.33. The summed E-state index contributed by atoms with van der Waals surface area (Å²) < 4.78 is 13.8. The number of hydrazine groups is 2. The molecule has 8 bridgehead atoms. The Balaban J connectivity index is 1.34. The predicted molar refractivity (Wildman–Crippen MR) is 299 cm³/mol. The summed E-state index contributed by atoms with van der Waals surface area (Å²) >= 11 is 0. The Hall–Kier alpha value is -6.62. The zero-order chi connectivity index (χ0) is 53.6. The van der Waals surface area contributed by atoms with Crippen LogP contribution >= 0.6 is 0 Å². The van der Waals surface area contributed by atoms with E-state index in [-0.39, 0.29) is 45.0 Å². The van der Waals surface area contributed by atoms with Crippen molar-refractivity contribution in [3.63, 3.8) is 0 Å². The van der Waals surface area contributed by atoms with Crippen molar-refractivity contribution in [3.05, 3.63) is 187 Å². The number of amides is 2. The van der Waals surface area contributed by atoms with Crippen LogP contribution in [0, 0.1) is 0 Å². The van der Waals surface area contributed by atoms with E-state index in [9.17, 15) is 19.8 Å². The lowest BCUT2D eigenvalue weighted by Crippen LogP contribution is -2.38. The van der Waals surface area contributed by atoms with Crippen molar-refractivity contribution in [2.45, 2.75) is 143 Å². The van der Waals surface area contributed by atoms with Crippen LogP contribution in [0.4, 0.5) is 0 Å². The van der Waals surface area contributed by atoms with Crippen molar-refractivity contribution < 1.29 is 29.3 Å². The number of carbonyl (C=O) groups is 2. The summed E-state index contributed by atoms with van der Waals surface area (Å²) in [6, 6.07) is 35.7. The zero-order valence-corrected chi connectivity index (χ0v) is 46.0. The minimum Gasteiger partial charge on any atom is -0.507 e. The van der Waals surface area contributed by atoms with E-state index in [1.807, 2.05) is 36.4 Å². The first-order chi connectivity index (χ1) is 34.9. The summed E-state index contributed by atoms with van der Waals surface area (Å²) in [5.41, 5.74) is 23.4. The number of hydrogen-bond acceptors (Lipinski definition) is 8. The molecule has 6 aromatic rings. The van der Waals surface area contributed by atoms with Crippen molar-refractivity contribution in [1.82, 2.24) is 21.7 Å². The van der Waals surface area contributed by atoms with E-state index < -0.39 is 0 Å². The second kappa shape index (κ2) is 22.9. The molecule has 0 saturated carbocycles. The van der Waals surface area contributed by atoms with Gasteiger partial charge in [-0.3, -0.25) is 20.4 Å². The predicted octanol–water partition coefficient (Wildman–Crippen LogP) is 12.4. The fourth-order valence-corrected chi connectivity index (χ4v) is 9.30. The molecule has 1 aliphatic carbocycles. The standard InChI is InChI=1S/C64H80N4O6/c1-61(2,3)51-33-43-29-47-37-53(63(7,8)9)39-49(57(47)73-27-19-25-65-67-59(71)41-21-15-13-16-22-41)31-45-35-52(62(4,5)6)36-46(56(45)70)32-50-40-54(64(10,11)12)38-48(30-44(34-51)55(43)69)58(50)74-28-20-26-66-68-60(72)42-23-17-14-18-24-42/h13-18,21-24,33-40,65-66,69-70H,19-20,25-32H2,1-12H3,(H,67,71)(H,68,72). The summed E-state index contributed by atoms with van der Waals surface area (Å²) in [6.45, 7) is 28.2. The molecule has 0 heterocycles. The maximum absolute atomic E-state index is 12.8. The maximum Gasteiger partial charge on any atom is 0.265 e. The summed E-state index contributed by atoms with van der Waals surface area (Å²) in [5, 5.41) is 25.4. The zero-order valence-electron chi connectivity index (χ0n) is 46.0. The van der Waals surface area contributed by atoms with Crippen LogP contribution in [0.25, 0.3) is 0 Å². The highest BCUT2D eigenvalue weighted by Gasteiger charge is 2.29. The third-order valence-electron chi connectivity index (χ3n) is 13.9. The van der Waals surface area contributed by atoms with Crippen LogP contribution in [0.1, 0.15) is 183 Å². The van der Waals surface area contributed by atoms with Crippen molar-refractivity contribution in [1.29, 1.82) is 0 Å². The van der Waals surface area contributed by atoms with Gasteiger partial charge in [-0.2, -0.15) is 0 Å². The first-order valence-electron chi connectivity index (χ1n) is 26.3. The summed E-state index contributed by atoms with van der Waals surface area (Å²) in [6.07, 6.45) is 2.76. The molecule has 6 N–H and O–H groups in total. The minimum absolute atomic E-state index is 0.205. The molecule has 0 aliphatic heterocycles. The highest BCUT2D eigenvalue weighted by atomic mass is 16.5. The van der Waals surface area contributed by atoms with Crippen LogP contribution in [0.5, 0.6) is 23.0 Å². The van der Waals surface area contributed by atoms with Gasteiger partial charge < -0.3 is 19.7 Å². The van der Waals surface area contributed by atoms with E-state index in [0.717, 1.165) is 78.3 Å². The number of rotatable bonds is 14. The molecule has 74 heavy (non-hydrogen) atoms. The van der Waals surface area contributed by atoms with E-state index in [4.69, 9.17) is 9.47 Å². The molecule has 0 fully saturated rings. The number of hydrogen-bond donors (Lipinski definition) is 6. The first-order valence-corrected chi connectivity index (χ1v) is 26.3. The van der Waals surface area contributed by atoms with Crippen LogP contribution < -0.4 is 31.2 Å². The van der Waals surface area contributed by atoms with Crippen LogP contribution in [0.2, 0.25) is 0 Å². The van der Waals surface area contributed by atoms with Gasteiger partial charge in [0.1, 0.15) is 23.0 Å². The SMILES string of the molecule is CC(C)(C)c1cc2c(O)c(c1)Cc1cc(C(C)(C)C)cc(c1OCCCNNC(=O)c1ccccc1)Cc1cc(C(C)(C)C)cc(c1O)Cc1cc(C(C)(C)C)cc(c1OCCCNNC(=O)c1ccccc1)C2. The molecular formula is C64H80N4O6. The Morgan fingerprint density at radius 3 is 0.932 bits per heavy atom. The lowest BCUT2D eigenvalue weighted by molar-refractivity contribution is 0.0924. The number of benzene rings is 6. The highest BCUT2D eigenvalue weighted by molar-refractivity contribution is 5.94. The number of carbonyl (C=O) groups excluding carboxylic acids is 2. The molecular weight excluding hydrogens is 921 g/mol. The van der Waals surface area contributed by atoms with Crippen molar-refractivity contribution in [2.75, 3.05) is 26.3 Å². The third-order valence-corrected chi connectivity index (χ3v) is 13.9. The van der Waals surface area contributed by atoms with Gasteiger partial charge in [0.25, 0.3) is 11.8 Å². The van der Waals surface area contributed by atoms with Crippen LogP contribution in [0.15, 0.2) is 109 Å². The Bertz CT molecular complexity index is 2640. The van der Waals surface area contributed by atoms with E-state index >= 15 is 0 Å². The molecule has 10 nitrogen and oxygen atoms in total. The topological polar surface area (TPSA) is 141 Å². The third kappa shape index (κ3) is 13.9. The number of nitrogens with one attached hydrogen (secondary N) is 4. The fourth-order valence-electron chi connectivity index (χ4n) is 9.30.